The number of anilines is 1. The number of hydrogen-bond donors (Lipinski definition) is 0. The first-order chi connectivity index (χ1) is 8.58. The molecular formula is C13H15ClN4. The summed E-state index contributed by atoms with van der Waals surface area (Å²) < 4.78 is 0. The lowest BCUT2D eigenvalue weighted by Gasteiger charge is -2.19. The van der Waals surface area contributed by atoms with E-state index in [2.05, 4.69) is 15.0 Å². The number of nitrogens with zero attached hydrogens (tertiary/aromatic N) is 4. The summed E-state index contributed by atoms with van der Waals surface area (Å²) in [5.41, 5.74) is 2.72. The van der Waals surface area contributed by atoms with Crippen molar-refractivity contribution in [3.8, 4) is 0 Å². The van der Waals surface area contributed by atoms with Crippen LogP contribution in [0.15, 0.2) is 24.4 Å². The Morgan fingerprint density at radius 2 is 1.89 bits per heavy atom. The molecule has 0 aliphatic carbocycles. The lowest BCUT2D eigenvalue weighted by molar-refractivity contribution is 0.850. The number of aryl methyl sites for hydroxylation is 2. The van der Waals surface area contributed by atoms with E-state index in [9.17, 15) is 0 Å². The van der Waals surface area contributed by atoms with Gasteiger partial charge in [0.05, 0.1) is 23.6 Å². The highest BCUT2D eigenvalue weighted by atomic mass is 35.5. The fourth-order valence-electron chi connectivity index (χ4n) is 1.62. The molecule has 94 valence electrons. The van der Waals surface area contributed by atoms with E-state index in [1.165, 1.54) is 0 Å². The fraction of sp³-hybridized carbons (Fsp3) is 0.308. The van der Waals surface area contributed by atoms with Gasteiger partial charge in [0.25, 0.3) is 0 Å². The summed E-state index contributed by atoms with van der Waals surface area (Å²) in [5, 5.41) is 0.427. The van der Waals surface area contributed by atoms with Gasteiger partial charge in [0.1, 0.15) is 0 Å². The van der Waals surface area contributed by atoms with E-state index < -0.39 is 0 Å². The van der Waals surface area contributed by atoms with Crippen LogP contribution in [0.3, 0.4) is 0 Å². The molecule has 4 nitrogen and oxygen atoms in total. The number of rotatable bonds is 3. The largest absolute Gasteiger partial charge is 0.351 e. The predicted molar refractivity (Wildman–Crippen MR) is 72.9 cm³/mol. The molecule has 2 aromatic heterocycles. The number of hydrogen-bond acceptors (Lipinski definition) is 4. The average Bonchev–Trinajstić information content (AvgIpc) is 2.35. The summed E-state index contributed by atoms with van der Waals surface area (Å²) in [6, 6.07) is 5.83. The molecule has 2 aromatic rings. The molecule has 5 heteroatoms. The summed E-state index contributed by atoms with van der Waals surface area (Å²) in [4.78, 5) is 15.0. The van der Waals surface area contributed by atoms with Crippen molar-refractivity contribution in [2.24, 2.45) is 0 Å². The van der Waals surface area contributed by atoms with Gasteiger partial charge >= 0.3 is 0 Å². The minimum absolute atomic E-state index is 0.427. The van der Waals surface area contributed by atoms with Gasteiger partial charge in [-0.2, -0.15) is 0 Å². The van der Waals surface area contributed by atoms with Crippen LogP contribution < -0.4 is 4.90 Å². The van der Waals surface area contributed by atoms with Gasteiger partial charge in [0.2, 0.25) is 0 Å². The molecular weight excluding hydrogens is 248 g/mol. The summed E-state index contributed by atoms with van der Waals surface area (Å²) >= 11 is 6.13. The molecule has 18 heavy (non-hydrogen) atoms. The van der Waals surface area contributed by atoms with Crippen LogP contribution in [-0.4, -0.2) is 22.0 Å². The topological polar surface area (TPSA) is 41.9 Å². The lowest BCUT2D eigenvalue weighted by atomic mass is 10.3. The number of halogens is 1. The third-order valence-electron chi connectivity index (χ3n) is 2.73. The standard InChI is InChI=1S/C13H15ClN4/c1-9-10(2)17-13(12(14)16-9)18(3)8-11-6-4-5-7-15-11/h4-7H,8H2,1-3H3. The van der Waals surface area contributed by atoms with Crippen molar-refractivity contribution < 1.29 is 0 Å². The van der Waals surface area contributed by atoms with E-state index in [4.69, 9.17) is 11.6 Å². The van der Waals surface area contributed by atoms with Crippen molar-refractivity contribution in [1.29, 1.82) is 0 Å². The molecule has 0 bridgehead atoms. The summed E-state index contributed by atoms with van der Waals surface area (Å²) in [6.45, 7) is 4.48. The van der Waals surface area contributed by atoms with E-state index in [-0.39, 0.29) is 0 Å². The second-order valence-corrected chi connectivity index (χ2v) is 4.54. The first kappa shape index (κ1) is 12.8. The van der Waals surface area contributed by atoms with Crippen molar-refractivity contribution in [2.45, 2.75) is 20.4 Å². The average molecular weight is 263 g/mol. The molecule has 0 aliphatic rings. The monoisotopic (exact) mass is 262 g/mol. The molecule has 2 heterocycles. The van der Waals surface area contributed by atoms with Gasteiger partial charge in [-0.3, -0.25) is 4.98 Å². The third kappa shape index (κ3) is 2.76. The summed E-state index contributed by atoms with van der Waals surface area (Å²) in [5.74, 6) is 0.686. The van der Waals surface area contributed by atoms with Crippen LogP contribution in [-0.2, 0) is 6.54 Å². The van der Waals surface area contributed by atoms with Crippen molar-refractivity contribution >= 4 is 17.4 Å². The molecule has 0 spiro atoms. The van der Waals surface area contributed by atoms with Crippen LogP contribution in [0.5, 0.6) is 0 Å². The van der Waals surface area contributed by atoms with Gasteiger partial charge in [0, 0.05) is 13.2 Å². The highest BCUT2D eigenvalue weighted by Gasteiger charge is 2.12. The minimum atomic E-state index is 0.427. The first-order valence-electron chi connectivity index (χ1n) is 5.69. The maximum Gasteiger partial charge on any atom is 0.171 e. The van der Waals surface area contributed by atoms with Crippen LogP contribution in [0.4, 0.5) is 5.82 Å². The number of aromatic nitrogens is 3. The summed E-state index contributed by atoms with van der Waals surface area (Å²) in [6.07, 6.45) is 1.77. The van der Waals surface area contributed by atoms with Crippen LogP contribution in [0, 0.1) is 13.8 Å². The van der Waals surface area contributed by atoms with E-state index in [1.54, 1.807) is 6.20 Å². The molecule has 0 N–H and O–H groups in total. The smallest absolute Gasteiger partial charge is 0.171 e. The Hall–Kier alpha value is -1.68. The molecule has 0 unspecified atom stereocenters. The van der Waals surface area contributed by atoms with Crippen LogP contribution in [0.1, 0.15) is 17.1 Å². The van der Waals surface area contributed by atoms with E-state index in [0.29, 0.717) is 17.5 Å². The van der Waals surface area contributed by atoms with Crippen molar-refractivity contribution in [3.05, 3.63) is 46.6 Å². The molecule has 2 rings (SSSR count). The second kappa shape index (κ2) is 5.31. The Morgan fingerprint density at radius 3 is 2.56 bits per heavy atom. The highest BCUT2D eigenvalue weighted by molar-refractivity contribution is 6.31. The molecule has 0 aliphatic heterocycles. The van der Waals surface area contributed by atoms with E-state index in [1.807, 2.05) is 44.0 Å². The SMILES string of the molecule is Cc1nc(Cl)c(N(C)Cc2ccccn2)nc1C. The Labute approximate surface area is 112 Å². The molecule has 0 fully saturated rings. The van der Waals surface area contributed by atoms with Gasteiger partial charge in [0.15, 0.2) is 11.0 Å². The predicted octanol–water partition coefficient (Wildman–Crippen LogP) is 2.78. The maximum absolute atomic E-state index is 6.13. The summed E-state index contributed by atoms with van der Waals surface area (Å²) in [7, 11) is 1.93. The van der Waals surface area contributed by atoms with Gasteiger partial charge < -0.3 is 4.90 Å². The van der Waals surface area contributed by atoms with Crippen LogP contribution in [0.25, 0.3) is 0 Å². The number of pyridine rings is 1. The Bertz CT molecular complexity index is 542. The first-order valence-corrected chi connectivity index (χ1v) is 6.07. The van der Waals surface area contributed by atoms with E-state index >= 15 is 0 Å². The zero-order valence-electron chi connectivity index (χ0n) is 10.7. The van der Waals surface area contributed by atoms with Gasteiger partial charge in [-0.15, -0.1) is 0 Å². The lowest BCUT2D eigenvalue weighted by Crippen LogP contribution is -2.20. The maximum atomic E-state index is 6.13. The van der Waals surface area contributed by atoms with Crippen molar-refractivity contribution in [1.82, 2.24) is 15.0 Å². The fourth-order valence-corrected chi connectivity index (χ4v) is 1.93. The van der Waals surface area contributed by atoms with Crippen LogP contribution in [0.2, 0.25) is 5.15 Å². The molecule has 0 saturated heterocycles. The molecule has 0 amide bonds. The Balaban J connectivity index is 2.24. The van der Waals surface area contributed by atoms with E-state index in [0.717, 1.165) is 17.1 Å². The molecule has 0 aromatic carbocycles. The third-order valence-corrected chi connectivity index (χ3v) is 2.99. The zero-order valence-corrected chi connectivity index (χ0v) is 11.4. The normalized spacial score (nSPS) is 10.4. The van der Waals surface area contributed by atoms with Gasteiger partial charge in [-0.25, -0.2) is 9.97 Å². The zero-order chi connectivity index (χ0) is 13.1. The molecule has 0 saturated carbocycles. The van der Waals surface area contributed by atoms with Gasteiger partial charge in [-0.05, 0) is 26.0 Å². The quantitative estimate of drug-likeness (QED) is 0.853. The minimum Gasteiger partial charge on any atom is -0.351 e. The molecule has 0 atom stereocenters. The molecule has 0 radical (unpaired) electrons. The van der Waals surface area contributed by atoms with Crippen molar-refractivity contribution in [2.75, 3.05) is 11.9 Å². The van der Waals surface area contributed by atoms with Gasteiger partial charge in [-0.1, -0.05) is 17.7 Å². The van der Waals surface area contributed by atoms with Crippen LogP contribution >= 0.6 is 11.6 Å². The highest BCUT2D eigenvalue weighted by Crippen LogP contribution is 2.22. The Kier molecular flexibility index (Phi) is 3.77. The second-order valence-electron chi connectivity index (χ2n) is 4.19. The van der Waals surface area contributed by atoms with Crippen molar-refractivity contribution in [3.63, 3.8) is 0 Å². The Morgan fingerprint density at radius 1 is 1.17 bits per heavy atom.